The van der Waals surface area contributed by atoms with Crippen LogP contribution >= 0.6 is 0 Å². The summed E-state index contributed by atoms with van der Waals surface area (Å²) in [6, 6.07) is 9.29. The van der Waals surface area contributed by atoms with Crippen LogP contribution in [-0.4, -0.2) is 21.4 Å². The normalized spacial score (nSPS) is 10.8. The molecule has 5 heteroatoms. The predicted octanol–water partition coefficient (Wildman–Crippen LogP) is 2.17. The highest BCUT2D eigenvalue weighted by Crippen LogP contribution is 2.17. The van der Waals surface area contributed by atoms with E-state index in [1.54, 1.807) is 23.1 Å². The quantitative estimate of drug-likeness (QED) is 0.789. The minimum Gasteiger partial charge on any atom is -0.494 e. The molecule has 0 spiro atoms. The lowest BCUT2D eigenvalue weighted by atomic mass is 10.2. The number of rotatable bonds is 4. The topological polar surface area (TPSA) is 59.9 Å². The Kier molecular flexibility index (Phi) is 3.25. The first kappa shape index (κ1) is 12.5. The van der Waals surface area contributed by atoms with E-state index in [-0.39, 0.29) is 5.56 Å². The van der Waals surface area contributed by atoms with Crippen LogP contribution in [0.25, 0.3) is 10.9 Å². The zero-order chi connectivity index (χ0) is 13.9. The summed E-state index contributed by atoms with van der Waals surface area (Å²) >= 11 is 0. The molecule has 0 bridgehead atoms. The van der Waals surface area contributed by atoms with Crippen molar-refractivity contribution in [2.75, 3.05) is 6.61 Å². The molecule has 0 saturated heterocycles. The van der Waals surface area contributed by atoms with E-state index in [0.717, 1.165) is 11.1 Å². The van der Waals surface area contributed by atoms with E-state index in [4.69, 9.17) is 4.74 Å². The largest absolute Gasteiger partial charge is 0.494 e. The smallest absolute Gasteiger partial charge is 0.274 e. The van der Waals surface area contributed by atoms with Crippen molar-refractivity contribution in [3.63, 3.8) is 0 Å². The lowest BCUT2D eigenvalue weighted by Crippen LogP contribution is -2.17. The van der Waals surface area contributed by atoms with Crippen LogP contribution in [0.1, 0.15) is 12.5 Å². The van der Waals surface area contributed by atoms with Crippen LogP contribution < -0.4 is 10.3 Å². The van der Waals surface area contributed by atoms with Gasteiger partial charge in [0.1, 0.15) is 5.75 Å². The van der Waals surface area contributed by atoms with Gasteiger partial charge in [0.2, 0.25) is 0 Å². The summed E-state index contributed by atoms with van der Waals surface area (Å²) in [6.45, 7) is 2.98. The zero-order valence-electron chi connectivity index (χ0n) is 11.2. The van der Waals surface area contributed by atoms with E-state index in [9.17, 15) is 4.79 Å². The molecule has 1 N–H and O–H groups in total. The van der Waals surface area contributed by atoms with E-state index in [2.05, 4.69) is 10.1 Å². The molecule has 5 nitrogen and oxygen atoms in total. The summed E-state index contributed by atoms with van der Waals surface area (Å²) in [6.07, 6.45) is 3.47. The molecule has 0 unspecified atom stereocenters. The van der Waals surface area contributed by atoms with Crippen molar-refractivity contribution < 1.29 is 4.74 Å². The first-order valence-corrected chi connectivity index (χ1v) is 6.52. The van der Waals surface area contributed by atoms with Crippen LogP contribution in [0.15, 0.2) is 47.5 Å². The van der Waals surface area contributed by atoms with Crippen molar-refractivity contribution in [1.82, 2.24) is 14.8 Å². The maximum atomic E-state index is 12.3. The fourth-order valence-electron chi connectivity index (χ4n) is 2.18. The number of ether oxygens (including phenoxy) is 1. The molecule has 2 heterocycles. The first-order chi connectivity index (χ1) is 9.78. The van der Waals surface area contributed by atoms with Crippen molar-refractivity contribution in [2.24, 2.45) is 0 Å². The number of nitrogens with one attached hydrogen (secondary N) is 1. The Hall–Kier alpha value is -2.56. The van der Waals surface area contributed by atoms with E-state index >= 15 is 0 Å². The van der Waals surface area contributed by atoms with Gasteiger partial charge in [-0.3, -0.25) is 14.9 Å². The monoisotopic (exact) mass is 269 g/mol. The molecule has 20 heavy (non-hydrogen) atoms. The SMILES string of the molecule is CCOc1ccc2[nH]n(Cc3cccnc3)c(=O)c2c1. The second-order valence-corrected chi connectivity index (χ2v) is 4.50. The van der Waals surface area contributed by atoms with Gasteiger partial charge in [-0.25, -0.2) is 4.68 Å². The second kappa shape index (κ2) is 5.21. The molecule has 0 fully saturated rings. The number of H-pyrrole nitrogens is 1. The fraction of sp³-hybridized carbons (Fsp3) is 0.200. The van der Waals surface area contributed by atoms with Gasteiger partial charge < -0.3 is 4.74 Å². The molecule has 0 aliphatic carbocycles. The number of aromatic amines is 1. The molecule has 0 amide bonds. The summed E-state index contributed by atoms with van der Waals surface area (Å²) in [7, 11) is 0. The van der Waals surface area contributed by atoms with Gasteiger partial charge >= 0.3 is 0 Å². The summed E-state index contributed by atoms with van der Waals surface area (Å²) in [5, 5.41) is 3.74. The van der Waals surface area contributed by atoms with E-state index in [1.165, 1.54) is 0 Å². The maximum absolute atomic E-state index is 12.3. The number of hydrogen-bond acceptors (Lipinski definition) is 3. The van der Waals surface area contributed by atoms with Crippen molar-refractivity contribution in [2.45, 2.75) is 13.5 Å². The van der Waals surface area contributed by atoms with Gasteiger partial charge in [0.25, 0.3) is 5.56 Å². The number of fused-ring (bicyclic) bond motifs is 1. The average molecular weight is 269 g/mol. The Balaban J connectivity index is 2.00. The highest BCUT2D eigenvalue weighted by Gasteiger charge is 2.08. The minimum atomic E-state index is -0.0505. The first-order valence-electron chi connectivity index (χ1n) is 6.52. The Bertz CT molecular complexity index is 775. The highest BCUT2D eigenvalue weighted by atomic mass is 16.5. The molecule has 3 aromatic rings. The Morgan fingerprint density at radius 1 is 1.35 bits per heavy atom. The Morgan fingerprint density at radius 3 is 3.00 bits per heavy atom. The summed E-state index contributed by atoms with van der Waals surface area (Å²) in [5.41, 5.74) is 1.74. The molecular weight excluding hydrogens is 254 g/mol. The van der Waals surface area contributed by atoms with Crippen LogP contribution in [0.4, 0.5) is 0 Å². The third-order valence-electron chi connectivity index (χ3n) is 3.10. The van der Waals surface area contributed by atoms with Crippen LogP contribution in [0.2, 0.25) is 0 Å². The van der Waals surface area contributed by atoms with Crippen LogP contribution in [0.5, 0.6) is 5.75 Å². The zero-order valence-corrected chi connectivity index (χ0v) is 11.2. The van der Waals surface area contributed by atoms with Gasteiger partial charge in [0.15, 0.2) is 0 Å². The molecule has 0 radical (unpaired) electrons. The molecule has 102 valence electrons. The van der Waals surface area contributed by atoms with E-state index in [0.29, 0.717) is 24.3 Å². The van der Waals surface area contributed by atoms with Crippen LogP contribution in [-0.2, 0) is 6.54 Å². The average Bonchev–Trinajstić information content (AvgIpc) is 2.77. The van der Waals surface area contributed by atoms with E-state index in [1.807, 2.05) is 31.2 Å². The van der Waals surface area contributed by atoms with Crippen LogP contribution in [0, 0.1) is 0 Å². The molecule has 3 rings (SSSR count). The Morgan fingerprint density at radius 2 is 2.25 bits per heavy atom. The fourth-order valence-corrected chi connectivity index (χ4v) is 2.18. The van der Waals surface area contributed by atoms with Crippen molar-refractivity contribution >= 4 is 10.9 Å². The second-order valence-electron chi connectivity index (χ2n) is 4.50. The third-order valence-corrected chi connectivity index (χ3v) is 3.10. The molecule has 0 aliphatic rings. The highest BCUT2D eigenvalue weighted by molar-refractivity contribution is 5.79. The number of benzene rings is 1. The molecule has 0 aliphatic heterocycles. The molecule has 2 aromatic heterocycles. The van der Waals surface area contributed by atoms with Crippen molar-refractivity contribution in [3.8, 4) is 5.75 Å². The van der Waals surface area contributed by atoms with E-state index < -0.39 is 0 Å². The van der Waals surface area contributed by atoms with Gasteiger partial charge in [-0.05, 0) is 36.8 Å². The lowest BCUT2D eigenvalue weighted by molar-refractivity contribution is 0.340. The predicted molar refractivity (Wildman–Crippen MR) is 77.1 cm³/mol. The number of pyridine rings is 1. The lowest BCUT2D eigenvalue weighted by Gasteiger charge is -2.00. The number of nitrogens with zero attached hydrogens (tertiary/aromatic N) is 2. The molecule has 0 saturated carbocycles. The van der Waals surface area contributed by atoms with Crippen molar-refractivity contribution in [3.05, 3.63) is 58.6 Å². The standard InChI is InChI=1S/C15H15N3O2/c1-2-20-12-5-6-14-13(8-12)15(19)18(17-14)10-11-4-3-7-16-9-11/h3-9,17H,2,10H2,1H3. The molecule has 1 aromatic carbocycles. The maximum Gasteiger partial charge on any atom is 0.274 e. The van der Waals surface area contributed by atoms with Crippen molar-refractivity contribution in [1.29, 1.82) is 0 Å². The molecule has 0 atom stereocenters. The molecular formula is C15H15N3O2. The van der Waals surface area contributed by atoms with Gasteiger partial charge in [0.05, 0.1) is 24.1 Å². The van der Waals surface area contributed by atoms with Crippen LogP contribution in [0.3, 0.4) is 0 Å². The number of hydrogen-bond donors (Lipinski definition) is 1. The summed E-state index contributed by atoms with van der Waals surface area (Å²) < 4.78 is 7.01. The number of aromatic nitrogens is 3. The van der Waals surface area contributed by atoms with Gasteiger partial charge in [-0.1, -0.05) is 6.07 Å². The minimum absolute atomic E-state index is 0.0505. The van der Waals surface area contributed by atoms with Gasteiger partial charge in [-0.15, -0.1) is 0 Å². The van der Waals surface area contributed by atoms with Gasteiger partial charge in [0, 0.05) is 12.4 Å². The Labute approximate surface area is 115 Å². The summed E-state index contributed by atoms with van der Waals surface area (Å²) in [5.74, 6) is 0.713. The summed E-state index contributed by atoms with van der Waals surface area (Å²) in [4.78, 5) is 16.4. The van der Waals surface area contributed by atoms with Gasteiger partial charge in [-0.2, -0.15) is 0 Å². The third kappa shape index (κ3) is 2.30.